The molecule has 0 fully saturated rings. The zero-order valence-corrected chi connectivity index (χ0v) is 15.8. The molecule has 5 heteroatoms. The van der Waals surface area contributed by atoms with Crippen LogP contribution in [0.2, 0.25) is 0 Å². The van der Waals surface area contributed by atoms with Crippen LogP contribution < -0.4 is 4.74 Å². The molecule has 3 aromatic carbocycles. The van der Waals surface area contributed by atoms with Gasteiger partial charge >= 0.3 is 5.97 Å². The van der Waals surface area contributed by atoms with Crippen molar-refractivity contribution in [3.05, 3.63) is 107 Å². The molecule has 0 atom stereocenters. The summed E-state index contributed by atoms with van der Waals surface area (Å²) in [5.74, 6) is 0.195. The molecular formula is C24H18FNO3. The number of cyclic esters (lactones) is 1. The SMILES string of the molecule is Cc1ccccc1C1=N/C(=C\c2ccc(OCc3cccc(F)c3)cc2)C(=O)O1. The molecule has 4 nitrogen and oxygen atoms in total. The first-order valence-corrected chi connectivity index (χ1v) is 9.14. The van der Waals surface area contributed by atoms with E-state index in [-0.39, 0.29) is 18.1 Å². The van der Waals surface area contributed by atoms with Crippen LogP contribution in [0.4, 0.5) is 4.39 Å². The van der Waals surface area contributed by atoms with Crippen molar-refractivity contribution >= 4 is 17.9 Å². The van der Waals surface area contributed by atoms with Crippen molar-refractivity contribution in [2.75, 3.05) is 0 Å². The molecule has 0 aliphatic carbocycles. The summed E-state index contributed by atoms with van der Waals surface area (Å²) < 4.78 is 24.2. The normalized spacial score (nSPS) is 14.6. The number of rotatable bonds is 5. The number of nitrogens with zero attached hydrogens (tertiary/aromatic N) is 1. The van der Waals surface area contributed by atoms with Gasteiger partial charge < -0.3 is 9.47 Å². The van der Waals surface area contributed by atoms with Gasteiger partial charge in [-0.15, -0.1) is 0 Å². The van der Waals surface area contributed by atoms with E-state index in [1.165, 1.54) is 12.1 Å². The van der Waals surface area contributed by atoms with E-state index in [1.807, 2.05) is 43.3 Å². The fourth-order valence-corrected chi connectivity index (χ4v) is 2.95. The van der Waals surface area contributed by atoms with Crippen molar-refractivity contribution in [2.45, 2.75) is 13.5 Å². The molecule has 0 aromatic heterocycles. The number of benzene rings is 3. The first-order valence-electron chi connectivity index (χ1n) is 9.14. The average Bonchev–Trinajstić information content (AvgIpc) is 3.08. The molecule has 144 valence electrons. The van der Waals surface area contributed by atoms with Gasteiger partial charge in [-0.25, -0.2) is 14.2 Å². The second-order valence-corrected chi connectivity index (χ2v) is 6.64. The minimum atomic E-state index is -0.477. The highest BCUT2D eigenvalue weighted by Crippen LogP contribution is 2.22. The number of esters is 1. The van der Waals surface area contributed by atoms with Crippen LogP contribution in [0.15, 0.2) is 83.5 Å². The van der Waals surface area contributed by atoms with E-state index in [4.69, 9.17) is 9.47 Å². The van der Waals surface area contributed by atoms with E-state index in [0.29, 0.717) is 11.6 Å². The third-order valence-electron chi connectivity index (χ3n) is 4.47. The monoisotopic (exact) mass is 387 g/mol. The van der Waals surface area contributed by atoms with Gasteiger partial charge in [-0.1, -0.05) is 42.5 Å². The van der Waals surface area contributed by atoms with Gasteiger partial charge in [0.05, 0.1) is 0 Å². The number of halogens is 1. The van der Waals surface area contributed by atoms with Gasteiger partial charge in [0.25, 0.3) is 0 Å². The smallest absolute Gasteiger partial charge is 0.363 e. The van der Waals surface area contributed by atoms with Crippen molar-refractivity contribution in [3.8, 4) is 5.75 Å². The number of carbonyl (C=O) groups is 1. The first-order chi connectivity index (χ1) is 14.1. The summed E-state index contributed by atoms with van der Waals surface area (Å²) in [5.41, 5.74) is 3.58. The quantitative estimate of drug-likeness (QED) is 0.454. The molecular weight excluding hydrogens is 369 g/mol. The van der Waals surface area contributed by atoms with Crippen molar-refractivity contribution in [2.24, 2.45) is 4.99 Å². The third kappa shape index (κ3) is 4.41. The Labute approximate surface area is 167 Å². The van der Waals surface area contributed by atoms with Gasteiger partial charge in [0.2, 0.25) is 5.90 Å². The molecule has 1 heterocycles. The first kappa shape index (κ1) is 18.6. The van der Waals surface area contributed by atoms with Gasteiger partial charge in [-0.2, -0.15) is 0 Å². The standard InChI is InChI=1S/C24H18FNO3/c1-16-5-2-3-8-21(16)23-26-22(24(27)29-23)14-17-9-11-20(12-10-17)28-15-18-6-4-7-19(25)13-18/h2-14H,15H2,1H3/b22-14-. The molecule has 0 spiro atoms. The molecule has 0 radical (unpaired) electrons. The van der Waals surface area contributed by atoms with E-state index >= 15 is 0 Å². The van der Waals surface area contributed by atoms with E-state index < -0.39 is 5.97 Å². The van der Waals surface area contributed by atoms with Crippen LogP contribution in [-0.4, -0.2) is 11.9 Å². The Hall–Kier alpha value is -3.73. The summed E-state index contributed by atoms with van der Waals surface area (Å²) in [6.45, 7) is 2.21. The van der Waals surface area contributed by atoms with E-state index in [2.05, 4.69) is 4.99 Å². The lowest BCUT2D eigenvalue weighted by Gasteiger charge is -2.06. The van der Waals surface area contributed by atoms with Crippen LogP contribution in [0, 0.1) is 12.7 Å². The van der Waals surface area contributed by atoms with E-state index in [1.54, 1.807) is 30.3 Å². The number of hydrogen-bond acceptors (Lipinski definition) is 4. The zero-order valence-electron chi connectivity index (χ0n) is 15.8. The maximum absolute atomic E-state index is 13.2. The topological polar surface area (TPSA) is 47.9 Å². The molecule has 0 amide bonds. The highest BCUT2D eigenvalue weighted by molar-refractivity contribution is 6.13. The van der Waals surface area contributed by atoms with Gasteiger partial charge in [0.1, 0.15) is 18.2 Å². The van der Waals surface area contributed by atoms with Crippen molar-refractivity contribution in [1.82, 2.24) is 0 Å². The second kappa shape index (κ2) is 8.10. The Bertz CT molecular complexity index is 1120. The number of hydrogen-bond donors (Lipinski definition) is 0. The Kier molecular flexibility index (Phi) is 5.20. The maximum Gasteiger partial charge on any atom is 0.363 e. The summed E-state index contributed by atoms with van der Waals surface area (Å²) in [4.78, 5) is 16.5. The summed E-state index contributed by atoms with van der Waals surface area (Å²) in [5, 5.41) is 0. The van der Waals surface area contributed by atoms with E-state index in [0.717, 1.165) is 22.3 Å². The molecule has 0 unspecified atom stereocenters. The fourth-order valence-electron chi connectivity index (χ4n) is 2.95. The Morgan fingerprint density at radius 2 is 1.83 bits per heavy atom. The summed E-state index contributed by atoms with van der Waals surface area (Å²) in [6, 6.07) is 21.1. The van der Waals surface area contributed by atoms with Gasteiger partial charge in [-0.3, -0.25) is 0 Å². The van der Waals surface area contributed by atoms with Crippen LogP contribution in [0.25, 0.3) is 6.08 Å². The molecule has 0 saturated heterocycles. The van der Waals surface area contributed by atoms with Crippen molar-refractivity contribution < 1.29 is 18.7 Å². The summed E-state index contributed by atoms with van der Waals surface area (Å²) >= 11 is 0. The molecule has 1 aliphatic heterocycles. The molecule has 0 saturated carbocycles. The lowest BCUT2D eigenvalue weighted by atomic mass is 10.1. The molecule has 1 aliphatic rings. The largest absolute Gasteiger partial charge is 0.489 e. The number of carbonyl (C=O) groups excluding carboxylic acids is 1. The average molecular weight is 387 g/mol. The van der Waals surface area contributed by atoms with E-state index in [9.17, 15) is 9.18 Å². The minimum absolute atomic E-state index is 0.247. The zero-order chi connectivity index (χ0) is 20.2. The molecule has 0 N–H and O–H groups in total. The lowest BCUT2D eigenvalue weighted by molar-refractivity contribution is -0.129. The predicted molar refractivity (Wildman–Crippen MR) is 109 cm³/mol. The van der Waals surface area contributed by atoms with Crippen LogP contribution in [0.3, 0.4) is 0 Å². The lowest BCUT2D eigenvalue weighted by Crippen LogP contribution is -2.06. The Morgan fingerprint density at radius 1 is 1.03 bits per heavy atom. The highest BCUT2D eigenvalue weighted by Gasteiger charge is 2.24. The van der Waals surface area contributed by atoms with Crippen LogP contribution in [0.5, 0.6) is 5.75 Å². The molecule has 3 aromatic rings. The Morgan fingerprint density at radius 3 is 2.59 bits per heavy atom. The molecule has 4 rings (SSSR count). The van der Waals surface area contributed by atoms with Crippen LogP contribution >= 0.6 is 0 Å². The van der Waals surface area contributed by atoms with Gasteiger partial charge in [0, 0.05) is 5.56 Å². The van der Waals surface area contributed by atoms with Gasteiger partial charge in [-0.05, 0) is 60.0 Å². The minimum Gasteiger partial charge on any atom is -0.489 e. The molecule has 29 heavy (non-hydrogen) atoms. The second-order valence-electron chi connectivity index (χ2n) is 6.64. The number of ether oxygens (including phenoxy) is 2. The van der Waals surface area contributed by atoms with Crippen LogP contribution in [0.1, 0.15) is 22.3 Å². The summed E-state index contributed by atoms with van der Waals surface area (Å²) in [6.07, 6.45) is 1.67. The number of aryl methyl sites for hydroxylation is 1. The maximum atomic E-state index is 13.2. The van der Waals surface area contributed by atoms with Crippen molar-refractivity contribution in [3.63, 3.8) is 0 Å². The number of aliphatic imine (C=N–C) groups is 1. The predicted octanol–water partition coefficient (Wildman–Crippen LogP) is 5.06. The van der Waals surface area contributed by atoms with Crippen molar-refractivity contribution in [1.29, 1.82) is 0 Å². The Balaban J connectivity index is 1.47. The summed E-state index contributed by atoms with van der Waals surface area (Å²) in [7, 11) is 0. The van der Waals surface area contributed by atoms with Gasteiger partial charge in [0.15, 0.2) is 5.70 Å². The highest BCUT2D eigenvalue weighted by atomic mass is 19.1. The molecule has 0 bridgehead atoms. The van der Waals surface area contributed by atoms with Crippen LogP contribution in [-0.2, 0) is 16.1 Å². The third-order valence-corrected chi connectivity index (χ3v) is 4.47. The fraction of sp³-hybridized carbons (Fsp3) is 0.0833.